The molecule has 5 nitrogen and oxygen atoms in total. The molecular weight excluding hydrogens is 240 g/mol. The summed E-state index contributed by atoms with van der Waals surface area (Å²) in [5, 5.41) is 10.9. The van der Waals surface area contributed by atoms with E-state index in [0.717, 1.165) is 5.69 Å². The average Bonchev–Trinajstić information content (AvgIpc) is 2.95. The molecule has 1 N–H and O–H groups in total. The van der Waals surface area contributed by atoms with Crippen LogP contribution in [0.15, 0.2) is 24.5 Å². The monoisotopic (exact) mass is 255 g/mol. The third-order valence-corrected chi connectivity index (χ3v) is 2.50. The second-order valence-corrected chi connectivity index (χ2v) is 4.17. The summed E-state index contributed by atoms with van der Waals surface area (Å²) in [6, 6.07) is 3.66. The smallest absolute Gasteiger partial charge is 0.333 e. The summed E-state index contributed by atoms with van der Waals surface area (Å²) in [5.41, 5.74) is 0.983. The molecule has 0 fully saturated rings. The van der Waals surface area contributed by atoms with Crippen molar-refractivity contribution in [1.82, 2.24) is 19.6 Å². The Morgan fingerprint density at radius 2 is 2.11 bits per heavy atom. The van der Waals surface area contributed by atoms with Gasteiger partial charge in [0.25, 0.3) is 0 Å². The Morgan fingerprint density at radius 1 is 1.33 bits per heavy atom. The third-order valence-electron chi connectivity index (χ3n) is 2.50. The molecule has 7 heteroatoms. The lowest BCUT2D eigenvalue weighted by Gasteiger charge is -2.11. The number of alkyl halides is 2. The Labute approximate surface area is 103 Å². The van der Waals surface area contributed by atoms with Crippen LogP contribution in [0, 0.1) is 0 Å². The summed E-state index contributed by atoms with van der Waals surface area (Å²) in [5.74, 6) is 0.423. The van der Waals surface area contributed by atoms with Gasteiger partial charge in [0.1, 0.15) is 5.82 Å². The molecule has 98 valence electrons. The second kappa shape index (κ2) is 5.16. The third kappa shape index (κ3) is 2.66. The number of nitrogens with zero attached hydrogens (tertiary/aromatic N) is 4. The van der Waals surface area contributed by atoms with Crippen LogP contribution in [-0.4, -0.2) is 19.6 Å². The topological polar surface area (TPSA) is 47.7 Å². The fraction of sp³-hybridized carbons (Fsp3) is 0.455. The van der Waals surface area contributed by atoms with Crippen LogP contribution in [0.4, 0.5) is 14.6 Å². The second-order valence-electron chi connectivity index (χ2n) is 4.17. The fourth-order valence-corrected chi connectivity index (χ4v) is 1.67. The van der Waals surface area contributed by atoms with Crippen LogP contribution in [0.5, 0.6) is 0 Å². The average molecular weight is 255 g/mol. The molecule has 2 aromatic heterocycles. The van der Waals surface area contributed by atoms with Crippen molar-refractivity contribution in [3.8, 4) is 0 Å². The van der Waals surface area contributed by atoms with Crippen molar-refractivity contribution < 1.29 is 8.78 Å². The fourth-order valence-electron chi connectivity index (χ4n) is 1.67. The van der Waals surface area contributed by atoms with Gasteiger partial charge in [-0.25, -0.2) is 4.68 Å². The van der Waals surface area contributed by atoms with Gasteiger partial charge in [-0.15, -0.1) is 0 Å². The lowest BCUT2D eigenvalue weighted by atomic mass is 10.3. The molecule has 0 saturated carbocycles. The number of halogens is 2. The van der Waals surface area contributed by atoms with E-state index in [-0.39, 0.29) is 6.04 Å². The van der Waals surface area contributed by atoms with Gasteiger partial charge in [-0.2, -0.15) is 19.0 Å². The predicted octanol–water partition coefficient (Wildman–Crippen LogP) is 2.67. The highest BCUT2D eigenvalue weighted by atomic mass is 19.3. The summed E-state index contributed by atoms with van der Waals surface area (Å²) < 4.78 is 27.1. The molecule has 0 bridgehead atoms. The highest BCUT2D eigenvalue weighted by molar-refractivity contribution is 5.32. The summed E-state index contributed by atoms with van der Waals surface area (Å²) in [6.07, 6.45) is 2.96. The van der Waals surface area contributed by atoms with Crippen molar-refractivity contribution in [3.63, 3.8) is 0 Å². The minimum Gasteiger partial charge on any atom is -0.363 e. The summed E-state index contributed by atoms with van der Waals surface area (Å²) in [6.45, 7) is 1.95. The highest BCUT2D eigenvalue weighted by Crippen LogP contribution is 2.13. The molecule has 0 unspecified atom stereocenters. The summed E-state index contributed by atoms with van der Waals surface area (Å²) >= 11 is 0. The first-order chi connectivity index (χ1) is 8.58. The first-order valence-electron chi connectivity index (χ1n) is 5.67. The van der Waals surface area contributed by atoms with Gasteiger partial charge in [0, 0.05) is 24.5 Å². The number of nitrogens with one attached hydrogen (secondary N) is 1. The predicted molar refractivity (Wildman–Crippen MR) is 63.4 cm³/mol. The Kier molecular flexibility index (Phi) is 3.59. The van der Waals surface area contributed by atoms with E-state index in [4.69, 9.17) is 0 Å². The molecule has 0 saturated heterocycles. The molecule has 0 aromatic carbocycles. The van der Waals surface area contributed by atoms with Crippen molar-refractivity contribution >= 4 is 5.82 Å². The van der Waals surface area contributed by atoms with Crippen LogP contribution < -0.4 is 5.32 Å². The van der Waals surface area contributed by atoms with Gasteiger partial charge < -0.3 is 5.32 Å². The zero-order valence-corrected chi connectivity index (χ0v) is 10.2. The molecule has 2 rings (SSSR count). The largest absolute Gasteiger partial charge is 0.363 e. The van der Waals surface area contributed by atoms with Gasteiger partial charge in [0.2, 0.25) is 0 Å². The Balaban J connectivity index is 2.00. The van der Waals surface area contributed by atoms with E-state index in [1.54, 1.807) is 6.20 Å². The van der Waals surface area contributed by atoms with Gasteiger partial charge in [0.05, 0.1) is 12.2 Å². The lowest BCUT2D eigenvalue weighted by Crippen LogP contribution is -2.11. The van der Waals surface area contributed by atoms with E-state index < -0.39 is 6.55 Å². The maximum Gasteiger partial charge on any atom is 0.333 e. The van der Waals surface area contributed by atoms with Gasteiger partial charge in [-0.05, 0) is 19.9 Å². The van der Waals surface area contributed by atoms with Gasteiger partial charge in [-0.3, -0.25) is 4.68 Å². The van der Waals surface area contributed by atoms with Crippen molar-refractivity contribution in [2.45, 2.75) is 33.0 Å². The van der Waals surface area contributed by atoms with Crippen LogP contribution in [-0.2, 0) is 6.54 Å². The molecule has 0 radical (unpaired) electrons. The molecule has 0 atom stereocenters. The maximum atomic E-state index is 12.3. The van der Waals surface area contributed by atoms with Crippen molar-refractivity contribution in [3.05, 3.63) is 30.2 Å². The molecule has 2 heterocycles. The number of hydrogen-bond acceptors (Lipinski definition) is 3. The van der Waals surface area contributed by atoms with Gasteiger partial charge in [0.15, 0.2) is 0 Å². The number of rotatable bonds is 5. The highest BCUT2D eigenvalue weighted by Gasteiger charge is 2.09. The number of hydrogen-bond donors (Lipinski definition) is 1. The number of aromatic nitrogens is 4. The minimum absolute atomic E-state index is 0.260. The Hall–Kier alpha value is -1.92. The number of anilines is 1. The molecule has 0 aliphatic carbocycles. The summed E-state index contributed by atoms with van der Waals surface area (Å²) in [7, 11) is 0. The van der Waals surface area contributed by atoms with E-state index in [1.165, 1.54) is 12.3 Å². The van der Waals surface area contributed by atoms with Crippen molar-refractivity contribution in [2.75, 3.05) is 5.32 Å². The molecule has 2 aromatic rings. The Morgan fingerprint density at radius 3 is 2.72 bits per heavy atom. The molecular formula is C11H15F2N5. The van der Waals surface area contributed by atoms with E-state index in [0.29, 0.717) is 17.0 Å². The van der Waals surface area contributed by atoms with Crippen LogP contribution in [0.3, 0.4) is 0 Å². The minimum atomic E-state index is -2.61. The molecule has 18 heavy (non-hydrogen) atoms. The van der Waals surface area contributed by atoms with Crippen LogP contribution >= 0.6 is 0 Å². The molecule has 0 aliphatic heterocycles. The zero-order chi connectivity index (χ0) is 13.1. The van der Waals surface area contributed by atoms with Gasteiger partial charge >= 0.3 is 6.55 Å². The molecule has 0 amide bonds. The van der Waals surface area contributed by atoms with Crippen LogP contribution in [0.25, 0.3) is 0 Å². The standard InChI is InChI=1S/C11H15F2N5/c1-8(2)18-9(3-5-15-18)7-14-10-4-6-17(16-10)11(12)13/h3-6,8,11H,7H2,1-2H3,(H,14,16). The summed E-state index contributed by atoms with van der Waals surface area (Å²) in [4.78, 5) is 0. The normalized spacial score (nSPS) is 11.4. The zero-order valence-electron chi connectivity index (χ0n) is 10.2. The van der Waals surface area contributed by atoms with Crippen molar-refractivity contribution in [2.24, 2.45) is 0 Å². The SMILES string of the molecule is CC(C)n1nccc1CNc1ccn(C(F)F)n1. The van der Waals surface area contributed by atoms with E-state index in [1.807, 2.05) is 24.6 Å². The van der Waals surface area contributed by atoms with Crippen LogP contribution in [0.2, 0.25) is 0 Å². The van der Waals surface area contributed by atoms with E-state index in [2.05, 4.69) is 15.5 Å². The molecule has 0 aliphatic rings. The first kappa shape index (κ1) is 12.5. The molecule has 0 spiro atoms. The maximum absolute atomic E-state index is 12.3. The van der Waals surface area contributed by atoms with Crippen LogP contribution in [0.1, 0.15) is 32.1 Å². The first-order valence-corrected chi connectivity index (χ1v) is 5.67. The van der Waals surface area contributed by atoms with E-state index in [9.17, 15) is 8.78 Å². The van der Waals surface area contributed by atoms with Gasteiger partial charge in [-0.1, -0.05) is 0 Å². The Bertz CT molecular complexity index is 503. The lowest BCUT2D eigenvalue weighted by molar-refractivity contribution is 0.0569. The quantitative estimate of drug-likeness (QED) is 0.893. The van der Waals surface area contributed by atoms with Crippen molar-refractivity contribution in [1.29, 1.82) is 0 Å². The van der Waals surface area contributed by atoms with E-state index >= 15 is 0 Å².